The molecule has 0 radical (unpaired) electrons. The Balaban J connectivity index is 2.00. The zero-order valence-corrected chi connectivity index (χ0v) is 12.4. The molecule has 0 aromatic heterocycles. The Hall–Kier alpha value is -0.670. The number of benzene rings is 1. The lowest BCUT2D eigenvalue weighted by molar-refractivity contribution is 0.622. The second-order valence-electron chi connectivity index (χ2n) is 4.55. The molecule has 2 unspecified atom stereocenters. The van der Waals surface area contributed by atoms with Crippen LogP contribution in [0.3, 0.4) is 0 Å². The second-order valence-corrected chi connectivity index (χ2v) is 6.07. The van der Waals surface area contributed by atoms with Crippen LogP contribution in [0.2, 0.25) is 5.02 Å². The third-order valence-corrected chi connectivity index (χ3v) is 4.36. The van der Waals surface area contributed by atoms with Gasteiger partial charge in [-0.15, -0.1) is 0 Å². The van der Waals surface area contributed by atoms with Crippen LogP contribution < -0.4 is 5.32 Å². The van der Waals surface area contributed by atoms with Gasteiger partial charge in [-0.1, -0.05) is 42.4 Å². The predicted molar refractivity (Wildman–Crippen MR) is 81.6 cm³/mol. The summed E-state index contributed by atoms with van der Waals surface area (Å²) in [6, 6.07) is 8.74. The normalized spacial score (nSPS) is 21.3. The fraction of sp³-hybridized carbons (Fsp3) is 0.500. The number of nitrogens with one attached hydrogen (secondary N) is 1. The number of aliphatic imine (C=N–C) groups is 1. The molecule has 1 aromatic carbocycles. The molecule has 4 heteroatoms. The lowest BCUT2D eigenvalue weighted by atomic mass is 10.1. The van der Waals surface area contributed by atoms with E-state index < -0.39 is 0 Å². The van der Waals surface area contributed by atoms with Crippen LogP contribution in [-0.4, -0.2) is 17.0 Å². The standard InChI is InChI=1S/C14H19ClN2S/c1-3-13-8-9-18-14(17-13)16-10(2)11-4-6-12(15)7-5-11/h4-7,10,13H,3,8-9H2,1-2H3,(H,16,17). The van der Waals surface area contributed by atoms with Crippen LogP contribution in [0.25, 0.3) is 0 Å². The molecule has 0 fully saturated rings. The van der Waals surface area contributed by atoms with Gasteiger partial charge in [0.05, 0.1) is 12.1 Å². The van der Waals surface area contributed by atoms with Crippen LogP contribution >= 0.6 is 23.4 Å². The third-order valence-electron chi connectivity index (χ3n) is 3.17. The average molecular weight is 283 g/mol. The Morgan fingerprint density at radius 2 is 2.17 bits per heavy atom. The minimum Gasteiger partial charge on any atom is -0.358 e. The minimum atomic E-state index is 0.268. The van der Waals surface area contributed by atoms with E-state index in [1.54, 1.807) is 0 Å². The van der Waals surface area contributed by atoms with Crippen LogP contribution in [-0.2, 0) is 0 Å². The average Bonchev–Trinajstić information content (AvgIpc) is 2.39. The van der Waals surface area contributed by atoms with Crippen molar-refractivity contribution in [3.8, 4) is 0 Å². The minimum absolute atomic E-state index is 0.268. The van der Waals surface area contributed by atoms with Gasteiger partial charge >= 0.3 is 0 Å². The second kappa shape index (κ2) is 6.48. The highest BCUT2D eigenvalue weighted by atomic mass is 35.5. The van der Waals surface area contributed by atoms with Gasteiger partial charge in [0, 0.05) is 10.8 Å². The van der Waals surface area contributed by atoms with E-state index >= 15 is 0 Å². The molecule has 98 valence electrons. The molecule has 0 spiro atoms. The van der Waals surface area contributed by atoms with Crippen molar-refractivity contribution in [1.82, 2.24) is 5.32 Å². The van der Waals surface area contributed by atoms with Crippen LogP contribution in [0.4, 0.5) is 0 Å². The fourth-order valence-electron chi connectivity index (χ4n) is 1.95. The van der Waals surface area contributed by atoms with E-state index in [0.29, 0.717) is 6.04 Å². The third kappa shape index (κ3) is 3.66. The summed E-state index contributed by atoms with van der Waals surface area (Å²) in [5, 5.41) is 5.35. The van der Waals surface area contributed by atoms with Gasteiger partial charge in [-0.25, -0.2) is 0 Å². The molecular weight excluding hydrogens is 264 g/mol. The van der Waals surface area contributed by atoms with Crippen molar-refractivity contribution in [3.05, 3.63) is 34.9 Å². The molecule has 0 saturated heterocycles. The summed E-state index contributed by atoms with van der Waals surface area (Å²) < 4.78 is 0. The maximum atomic E-state index is 5.90. The number of hydrogen-bond donors (Lipinski definition) is 1. The van der Waals surface area contributed by atoms with Gasteiger partial charge in [-0.3, -0.25) is 4.99 Å². The van der Waals surface area contributed by atoms with E-state index in [1.807, 2.05) is 23.9 Å². The van der Waals surface area contributed by atoms with E-state index in [4.69, 9.17) is 16.6 Å². The summed E-state index contributed by atoms with van der Waals surface area (Å²) in [4.78, 5) is 4.73. The molecule has 1 N–H and O–H groups in total. The molecule has 0 bridgehead atoms. The molecule has 18 heavy (non-hydrogen) atoms. The first kappa shape index (κ1) is 13.8. The largest absolute Gasteiger partial charge is 0.358 e. The van der Waals surface area contributed by atoms with Crippen LogP contribution in [0, 0.1) is 0 Å². The summed E-state index contributed by atoms with van der Waals surface area (Å²) >= 11 is 7.72. The number of nitrogens with zero attached hydrogens (tertiary/aromatic N) is 1. The molecule has 1 heterocycles. The fourth-order valence-corrected chi connectivity index (χ4v) is 3.15. The highest BCUT2D eigenvalue weighted by Crippen LogP contribution is 2.22. The Bertz CT molecular complexity index is 416. The van der Waals surface area contributed by atoms with E-state index in [1.165, 1.54) is 12.0 Å². The number of halogens is 1. The lowest BCUT2D eigenvalue weighted by Gasteiger charge is -2.23. The first-order chi connectivity index (χ1) is 8.69. The molecule has 1 aliphatic rings. The van der Waals surface area contributed by atoms with Gasteiger partial charge in [0.2, 0.25) is 0 Å². The molecule has 0 aliphatic carbocycles. The Morgan fingerprint density at radius 1 is 1.44 bits per heavy atom. The van der Waals surface area contributed by atoms with Gasteiger partial charge in [0.15, 0.2) is 5.17 Å². The van der Waals surface area contributed by atoms with Crippen molar-refractivity contribution in [2.24, 2.45) is 4.99 Å². The maximum Gasteiger partial charge on any atom is 0.157 e. The lowest BCUT2D eigenvalue weighted by Crippen LogP contribution is -2.28. The van der Waals surface area contributed by atoms with E-state index in [0.717, 1.165) is 22.4 Å². The Kier molecular flexibility index (Phi) is 4.95. The van der Waals surface area contributed by atoms with Crippen molar-refractivity contribution in [1.29, 1.82) is 0 Å². The van der Waals surface area contributed by atoms with Crippen LogP contribution in [0.1, 0.15) is 38.3 Å². The summed E-state index contributed by atoms with van der Waals surface area (Å²) in [5.74, 6) is 1.16. The SMILES string of the molecule is CCC1CCSC(NC(C)c2ccc(Cl)cc2)=N1. The molecule has 1 aliphatic heterocycles. The molecule has 2 nitrogen and oxygen atoms in total. The number of hydrogen-bond acceptors (Lipinski definition) is 3. The summed E-state index contributed by atoms with van der Waals surface area (Å²) in [7, 11) is 0. The molecule has 0 saturated carbocycles. The van der Waals surface area contributed by atoms with Gasteiger partial charge < -0.3 is 5.32 Å². The predicted octanol–water partition coefficient (Wildman–Crippen LogP) is 4.26. The van der Waals surface area contributed by atoms with Crippen molar-refractivity contribution in [2.45, 2.75) is 38.8 Å². The van der Waals surface area contributed by atoms with E-state index in [9.17, 15) is 0 Å². The molecule has 0 amide bonds. The van der Waals surface area contributed by atoms with Crippen molar-refractivity contribution < 1.29 is 0 Å². The van der Waals surface area contributed by atoms with Gasteiger partial charge in [0.25, 0.3) is 0 Å². The number of rotatable bonds is 3. The summed E-state index contributed by atoms with van der Waals surface area (Å²) in [6.07, 6.45) is 2.32. The first-order valence-electron chi connectivity index (χ1n) is 6.41. The van der Waals surface area contributed by atoms with Crippen molar-refractivity contribution in [3.63, 3.8) is 0 Å². The van der Waals surface area contributed by atoms with Gasteiger partial charge in [-0.2, -0.15) is 0 Å². The highest BCUT2D eigenvalue weighted by molar-refractivity contribution is 8.13. The van der Waals surface area contributed by atoms with Crippen LogP contribution in [0.15, 0.2) is 29.3 Å². The monoisotopic (exact) mass is 282 g/mol. The van der Waals surface area contributed by atoms with Crippen LogP contribution in [0.5, 0.6) is 0 Å². The highest BCUT2D eigenvalue weighted by Gasteiger charge is 2.15. The molecule has 2 atom stereocenters. The maximum absolute atomic E-state index is 5.90. The zero-order valence-electron chi connectivity index (χ0n) is 10.8. The Morgan fingerprint density at radius 3 is 2.83 bits per heavy atom. The Labute approximate surface area is 118 Å². The molecule has 2 rings (SSSR count). The van der Waals surface area contributed by atoms with E-state index in [-0.39, 0.29) is 6.04 Å². The van der Waals surface area contributed by atoms with Gasteiger partial charge in [0.1, 0.15) is 0 Å². The summed E-state index contributed by atoms with van der Waals surface area (Å²) in [5.41, 5.74) is 1.24. The molecule has 1 aromatic rings. The number of amidine groups is 1. The topological polar surface area (TPSA) is 24.4 Å². The van der Waals surface area contributed by atoms with E-state index in [2.05, 4.69) is 31.3 Å². The smallest absolute Gasteiger partial charge is 0.157 e. The van der Waals surface area contributed by atoms with Crippen molar-refractivity contribution >= 4 is 28.5 Å². The van der Waals surface area contributed by atoms with Crippen molar-refractivity contribution in [2.75, 3.05) is 5.75 Å². The molecular formula is C14H19ClN2S. The number of thioether (sulfide) groups is 1. The summed E-state index contributed by atoms with van der Waals surface area (Å²) in [6.45, 7) is 4.35. The van der Waals surface area contributed by atoms with Gasteiger partial charge in [-0.05, 0) is 37.5 Å². The first-order valence-corrected chi connectivity index (χ1v) is 7.78. The zero-order chi connectivity index (χ0) is 13.0. The quantitative estimate of drug-likeness (QED) is 0.896.